The van der Waals surface area contributed by atoms with E-state index in [-0.39, 0.29) is 19.6 Å². The lowest BCUT2D eigenvalue weighted by atomic mass is 10.1. The number of carbonyl (C=O) groups is 1. The summed E-state index contributed by atoms with van der Waals surface area (Å²) in [5.41, 5.74) is 3.33. The van der Waals surface area contributed by atoms with Crippen LogP contribution in [0.5, 0.6) is 11.5 Å². The fourth-order valence-electron chi connectivity index (χ4n) is 3.07. The first-order valence-electron chi connectivity index (χ1n) is 9.92. The highest BCUT2D eigenvalue weighted by atomic mass is 16.6. The zero-order valence-electron chi connectivity index (χ0n) is 17.5. The lowest BCUT2D eigenvalue weighted by Crippen LogP contribution is -2.09. The van der Waals surface area contributed by atoms with Gasteiger partial charge in [-0.2, -0.15) is 5.10 Å². The van der Waals surface area contributed by atoms with Crippen LogP contribution < -0.4 is 9.47 Å². The summed E-state index contributed by atoms with van der Waals surface area (Å²) in [6, 6.07) is 15.0. The van der Waals surface area contributed by atoms with E-state index in [0.717, 1.165) is 17.0 Å². The minimum Gasteiger partial charge on any atom is -0.493 e. The highest BCUT2D eigenvalue weighted by molar-refractivity contribution is 6.00. The van der Waals surface area contributed by atoms with Gasteiger partial charge in [-0.05, 0) is 36.2 Å². The minimum atomic E-state index is -0.933. The molecule has 0 aliphatic heterocycles. The van der Waals surface area contributed by atoms with Crippen LogP contribution in [0.2, 0.25) is 0 Å². The number of aliphatic carboxylic acids is 1. The van der Waals surface area contributed by atoms with Gasteiger partial charge in [-0.3, -0.25) is 4.79 Å². The van der Waals surface area contributed by atoms with E-state index in [1.807, 2.05) is 43.5 Å². The number of carboxylic acids is 1. The maximum atomic E-state index is 11.0. The smallest absolute Gasteiger partial charge is 0.307 e. The number of hydrogen-bond acceptors (Lipinski definition) is 6. The van der Waals surface area contributed by atoms with E-state index in [1.165, 1.54) is 7.11 Å². The number of hydrogen-bond donors (Lipinski definition) is 1. The monoisotopic (exact) mass is 423 g/mol. The maximum Gasteiger partial charge on any atom is 0.307 e. The van der Waals surface area contributed by atoms with E-state index in [9.17, 15) is 4.79 Å². The van der Waals surface area contributed by atoms with Gasteiger partial charge in [0.05, 0.1) is 24.9 Å². The number of methoxy groups -OCH3 is 1. The molecule has 0 atom stereocenters. The topological polar surface area (TPSA) is 95.2 Å². The van der Waals surface area contributed by atoms with E-state index < -0.39 is 5.97 Å². The largest absolute Gasteiger partial charge is 0.493 e. The molecule has 1 heterocycles. The second kappa shape index (κ2) is 10.8. The first-order chi connectivity index (χ1) is 15.1. The lowest BCUT2D eigenvalue weighted by Gasteiger charge is -2.13. The summed E-state index contributed by atoms with van der Waals surface area (Å²) in [6.07, 6.45) is 4.20. The normalized spacial score (nSPS) is 11.2. The van der Waals surface area contributed by atoms with E-state index >= 15 is 0 Å². The number of carboxylic acid groups (broad SMARTS) is 1. The summed E-state index contributed by atoms with van der Waals surface area (Å²) in [5, 5.41) is 17.5. The van der Waals surface area contributed by atoms with Gasteiger partial charge in [0.25, 0.3) is 0 Å². The molecule has 8 nitrogen and oxygen atoms in total. The molecule has 2 aromatic carbocycles. The van der Waals surface area contributed by atoms with Gasteiger partial charge in [-0.1, -0.05) is 36.3 Å². The SMILES string of the molecule is CCC(=NOCCOc1cccc(CC(=O)O)c1OC)c1ccc(-n2cccn2)cc1. The third kappa shape index (κ3) is 5.85. The average Bonchev–Trinajstić information content (AvgIpc) is 3.31. The van der Waals surface area contributed by atoms with Gasteiger partial charge < -0.3 is 19.4 Å². The number of nitrogens with zero attached hydrogens (tertiary/aromatic N) is 3. The third-order valence-corrected chi connectivity index (χ3v) is 4.52. The Bertz CT molecular complexity index is 1010. The standard InChI is InChI=1S/C23H25N3O5/c1-3-20(17-8-10-19(11-9-17)26-13-5-12-24-26)25-31-15-14-30-21-7-4-6-18(16-22(27)28)23(21)29-2/h4-13H,3,14-16H2,1-2H3,(H,27,28). The molecule has 3 aromatic rings. The molecule has 1 aromatic heterocycles. The Balaban J connectivity index is 1.56. The van der Waals surface area contributed by atoms with Gasteiger partial charge in [0, 0.05) is 18.0 Å². The van der Waals surface area contributed by atoms with E-state index in [1.54, 1.807) is 29.1 Å². The Hall–Kier alpha value is -3.81. The van der Waals surface area contributed by atoms with Gasteiger partial charge in [0.1, 0.15) is 6.61 Å². The second-order valence-corrected chi connectivity index (χ2v) is 6.59. The quantitative estimate of drug-likeness (QED) is 0.287. The Morgan fingerprint density at radius 2 is 1.94 bits per heavy atom. The molecule has 0 saturated carbocycles. The van der Waals surface area contributed by atoms with Crippen LogP contribution in [0.4, 0.5) is 0 Å². The zero-order valence-corrected chi connectivity index (χ0v) is 17.5. The molecule has 0 fully saturated rings. The van der Waals surface area contributed by atoms with E-state index in [0.29, 0.717) is 23.5 Å². The molecule has 0 unspecified atom stereocenters. The molecule has 8 heteroatoms. The molecule has 1 N–H and O–H groups in total. The Kier molecular flexibility index (Phi) is 7.64. The number of rotatable bonds is 11. The van der Waals surface area contributed by atoms with Crippen molar-refractivity contribution < 1.29 is 24.2 Å². The number of benzene rings is 2. The molecule has 0 amide bonds. The third-order valence-electron chi connectivity index (χ3n) is 4.52. The van der Waals surface area contributed by atoms with Crippen molar-refractivity contribution in [2.75, 3.05) is 20.3 Å². The predicted molar refractivity (Wildman–Crippen MR) is 116 cm³/mol. The molecule has 162 valence electrons. The van der Waals surface area contributed by atoms with Gasteiger partial charge in [-0.25, -0.2) is 4.68 Å². The van der Waals surface area contributed by atoms with Crippen molar-refractivity contribution in [3.05, 3.63) is 72.1 Å². The van der Waals surface area contributed by atoms with Crippen molar-refractivity contribution in [1.29, 1.82) is 0 Å². The van der Waals surface area contributed by atoms with Crippen molar-refractivity contribution in [1.82, 2.24) is 9.78 Å². The summed E-state index contributed by atoms with van der Waals surface area (Å²) >= 11 is 0. The summed E-state index contributed by atoms with van der Waals surface area (Å²) < 4.78 is 12.8. The highest BCUT2D eigenvalue weighted by Gasteiger charge is 2.13. The average molecular weight is 423 g/mol. The Labute approximate surface area is 180 Å². The first kappa shape index (κ1) is 21.9. The molecule has 0 spiro atoms. The fourth-order valence-corrected chi connectivity index (χ4v) is 3.07. The van der Waals surface area contributed by atoms with E-state index in [4.69, 9.17) is 19.4 Å². The summed E-state index contributed by atoms with van der Waals surface area (Å²) in [6.45, 7) is 2.49. The van der Waals surface area contributed by atoms with Crippen LogP contribution in [0, 0.1) is 0 Å². The van der Waals surface area contributed by atoms with E-state index in [2.05, 4.69) is 10.3 Å². The van der Waals surface area contributed by atoms with Crippen LogP contribution in [0.15, 0.2) is 66.1 Å². The Morgan fingerprint density at radius 3 is 2.58 bits per heavy atom. The summed E-state index contributed by atoms with van der Waals surface area (Å²) in [7, 11) is 1.49. The van der Waals surface area contributed by atoms with Crippen LogP contribution in [0.25, 0.3) is 5.69 Å². The molecule has 0 radical (unpaired) electrons. The van der Waals surface area contributed by atoms with Gasteiger partial charge in [-0.15, -0.1) is 0 Å². The zero-order chi connectivity index (χ0) is 22.1. The van der Waals surface area contributed by atoms with Crippen LogP contribution in [-0.4, -0.2) is 46.9 Å². The van der Waals surface area contributed by atoms with Crippen molar-refractivity contribution in [3.63, 3.8) is 0 Å². The molecule has 0 aliphatic rings. The second-order valence-electron chi connectivity index (χ2n) is 6.59. The van der Waals surface area contributed by atoms with Crippen LogP contribution >= 0.6 is 0 Å². The minimum absolute atomic E-state index is 0.139. The van der Waals surface area contributed by atoms with Crippen LogP contribution in [-0.2, 0) is 16.1 Å². The first-order valence-corrected chi connectivity index (χ1v) is 9.92. The molecule has 0 aliphatic carbocycles. The molecular formula is C23H25N3O5. The molecular weight excluding hydrogens is 398 g/mol. The maximum absolute atomic E-state index is 11.0. The van der Waals surface area contributed by atoms with Crippen molar-refractivity contribution in [3.8, 4) is 17.2 Å². The fraction of sp³-hybridized carbons (Fsp3) is 0.261. The predicted octanol–water partition coefficient (Wildman–Crippen LogP) is 3.72. The molecule has 0 bridgehead atoms. The number of ether oxygens (including phenoxy) is 2. The summed E-state index contributed by atoms with van der Waals surface area (Å²) in [5.74, 6) is -0.0449. The van der Waals surface area contributed by atoms with Crippen LogP contribution in [0.3, 0.4) is 0 Å². The molecule has 31 heavy (non-hydrogen) atoms. The van der Waals surface area contributed by atoms with Gasteiger partial charge in [0.15, 0.2) is 18.1 Å². The Morgan fingerprint density at radius 1 is 1.13 bits per heavy atom. The lowest BCUT2D eigenvalue weighted by molar-refractivity contribution is -0.136. The molecule has 3 rings (SSSR count). The van der Waals surface area contributed by atoms with Crippen molar-refractivity contribution in [2.45, 2.75) is 19.8 Å². The number of oxime groups is 1. The van der Waals surface area contributed by atoms with Gasteiger partial charge in [0.2, 0.25) is 0 Å². The number of aromatic nitrogens is 2. The number of para-hydroxylation sites is 1. The van der Waals surface area contributed by atoms with Crippen LogP contribution in [0.1, 0.15) is 24.5 Å². The molecule has 0 saturated heterocycles. The van der Waals surface area contributed by atoms with Gasteiger partial charge >= 0.3 is 5.97 Å². The highest BCUT2D eigenvalue weighted by Crippen LogP contribution is 2.31. The van der Waals surface area contributed by atoms with Crippen molar-refractivity contribution >= 4 is 11.7 Å². The van der Waals surface area contributed by atoms with Crippen molar-refractivity contribution in [2.24, 2.45) is 5.16 Å². The summed E-state index contributed by atoms with van der Waals surface area (Å²) in [4.78, 5) is 16.4.